The second-order valence-corrected chi connectivity index (χ2v) is 6.49. The molecule has 1 fully saturated rings. The van der Waals surface area contributed by atoms with Crippen LogP contribution in [0.15, 0.2) is 17.6 Å². The maximum atomic E-state index is 5.76. The first kappa shape index (κ1) is 15.1. The van der Waals surface area contributed by atoms with Crippen molar-refractivity contribution in [2.75, 3.05) is 25.4 Å². The Morgan fingerprint density at radius 3 is 2.37 bits per heavy atom. The van der Waals surface area contributed by atoms with E-state index in [-0.39, 0.29) is 0 Å². The van der Waals surface area contributed by atoms with Gasteiger partial charge in [-0.3, -0.25) is 0 Å². The van der Waals surface area contributed by atoms with E-state index in [1.165, 1.54) is 58.2 Å². The molecule has 1 saturated heterocycles. The minimum absolute atomic E-state index is 0.602. The topological polar surface area (TPSA) is 29.0 Å². The molecule has 106 valence electrons. The normalized spacial score (nSPS) is 17.9. The quantitative estimate of drug-likeness (QED) is 0.469. The van der Waals surface area contributed by atoms with Gasteiger partial charge in [-0.05, 0) is 38.9 Å². The maximum absolute atomic E-state index is 5.76. The number of aromatic nitrogens is 2. The summed E-state index contributed by atoms with van der Waals surface area (Å²) in [4.78, 5) is 11.0. The third-order valence-electron chi connectivity index (χ3n) is 3.40. The van der Waals surface area contributed by atoms with Gasteiger partial charge in [-0.25, -0.2) is 9.97 Å². The van der Waals surface area contributed by atoms with Gasteiger partial charge in [-0.15, -0.1) is 0 Å². The molecule has 0 aromatic carbocycles. The SMILES string of the molecule is Clc1cnc(SCCCN2CCCCCCC2)nc1. The number of halogens is 1. The number of likely N-dealkylation sites (tertiary alicyclic amines) is 1. The van der Waals surface area contributed by atoms with Crippen LogP contribution in [-0.2, 0) is 0 Å². The first-order chi connectivity index (χ1) is 9.34. The van der Waals surface area contributed by atoms with Gasteiger partial charge >= 0.3 is 0 Å². The standard InChI is InChI=1S/C14H22ClN3S/c15-13-11-16-14(17-12-13)19-10-6-9-18-7-4-2-1-3-5-8-18/h11-12H,1-10H2. The molecule has 2 heterocycles. The smallest absolute Gasteiger partial charge is 0.187 e. The summed E-state index contributed by atoms with van der Waals surface area (Å²) in [6.45, 7) is 3.77. The fraction of sp³-hybridized carbons (Fsp3) is 0.714. The molecule has 0 amide bonds. The van der Waals surface area contributed by atoms with Gasteiger partial charge in [0, 0.05) is 5.75 Å². The number of hydrogen-bond acceptors (Lipinski definition) is 4. The summed E-state index contributed by atoms with van der Waals surface area (Å²) in [5, 5.41) is 1.43. The third kappa shape index (κ3) is 6.11. The number of hydrogen-bond donors (Lipinski definition) is 0. The molecular formula is C14H22ClN3S. The zero-order chi connectivity index (χ0) is 13.3. The summed E-state index contributed by atoms with van der Waals surface area (Å²) in [5.41, 5.74) is 0. The van der Waals surface area contributed by atoms with Crippen LogP contribution in [0, 0.1) is 0 Å². The molecule has 1 aliphatic heterocycles. The van der Waals surface area contributed by atoms with Gasteiger partial charge in [-0.2, -0.15) is 0 Å². The van der Waals surface area contributed by atoms with Crippen molar-refractivity contribution >= 4 is 23.4 Å². The van der Waals surface area contributed by atoms with Gasteiger partial charge in [-0.1, -0.05) is 42.6 Å². The van der Waals surface area contributed by atoms with Crippen molar-refractivity contribution in [2.24, 2.45) is 0 Å². The Bertz CT molecular complexity index is 350. The average molecular weight is 300 g/mol. The first-order valence-corrected chi connectivity index (χ1v) is 8.53. The van der Waals surface area contributed by atoms with Crippen LogP contribution in [0.2, 0.25) is 5.02 Å². The summed E-state index contributed by atoms with van der Waals surface area (Å²) in [7, 11) is 0. The van der Waals surface area contributed by atoms with Gasteiger partial charge in [0.25, 0.3) is 0 Å². The molecule has 5 heteroatoms. The predicted octanol–water partition coefficient (Wildman–Crippen LogP) is 3.88. The number of nitrogens with zero attached hydrogens (tertiary/aromatic N) is 3. The van der Waals surface area contributed by atoms with Crippen LogP contribution in [0.5, 0.6) is 0 Å². The van der Waals surface area contributed by atoms with E-state index in [4.69, 9.17) is 11.6 Å². The van der Waals surface area contributed by atoms with E-state index < -0.39 is 0 Å². The van der Waals surface area contributed by atoms with Crippen molar-refractivity contribution in [3.8, 4) is 0 Å². The van der Waals surface area contributed by atoms with Gasteiger partial charge in [0.1, 0.15) is 0 Å². The van der Waals surface area contributed by atoms with Crippen LogP contribution in [0.4, 0.5) is 0 Å². The molecule has 1 aromatic heterocycles. The Morgan fingerprint density at radius 1 is 1.05 bits per heavy atom. The van der Waals surface area contributed by atoms with Gasteiger partial charge in [0.05, 0.1) is 17.4 Å². The molecule has 0 atom stereocenters. The summed E-state index contributed by atoms with van der Waals surface area (Å²) in [6, 6.07) is 0. The van der Waals surface area contributed by atoms with Crippen molar-refractivity contribution in [1.82, 2.24) is 14.9 Å². The molecule has 0 unspecified atom stereocenters. The highest BCUT2D eigenvalue weighted by Gasteiger charge is 2.07. The fourth-order valence-corrected chi connectivity index (χ4v) is 3.17. The molecule has 2 rings (SSSR count). The summed E-state index contributed by atoms with van der Waals surface area (Å²) >= 11 is 7.48. The van der Waals surface area contributed by atoms with Crippen LogP contribution in [0.25, 0.3) is 0 Å². The third-order valence-corrected chi connectivity index (χ3v) is 4.55. The molecule has 0 radical (unpaired) electrons. The van der Waals surface area contributed by atoms with Gasteiger partial charge in [0.2, 0.25) is 0 Å². The summed E-state index contributed by atoms with van der Waals surface area (Å²) in [6.07, 6.45) is 11.5. The van der Waals surface area contributed by atoms with Crippen molar-refractivity contribution < 1.29 is 0 Å². The van der Waals surface area contributed by atoms with Crippen LogP contribution >= 0.6 is 23.4 Å². The predicted molar refractivity (Wildman–Crippen MR) is 81.9 cm³/mol. The van der Waals surface area contributed by atoms with E-state index >= 15 is 0 Å². The summed E-state index contributed by atoms with van der Waals surface area (Å²) < 4.78 is 0. The second-order valence-electron chi connectivity index (χ2n) is 5.00. The maximum Gasteiger partial charge on any atom is 0.187 e. The minimum Gasteiger partial charge on any atom is -0.303 e. The summed E-state index contributed by atoms with van der Waals surface area (Å²) in [5.74, 6) is 1.08. The van der Waals surface area contributed by atoms with Crippen LogP contribution in [0.1, 0.15) is 38.5 Å². The van der Waals surface area contributed by atoms with E-state index in [2.05, 4.69) is 14.9 Å². The molecule has 19 heavy (non-hydrogen) atoms. The van der Waals surface area contributed by atoms with Crippen molar-refractivity contribution in [2.45, 2.75) is 43.7 Å². The Kier molecular flexibility index (Phi) is 6.96. The number of thioether (sulfide) groups is 1. The number of rotatable bonds is 5. The van der Waals surface area contributed by atoms with E-state index in [0.29, 0.717) is 5.02 Å². The van der Waals surface area contributed by atoms with Crippen molar-refractivity contribution in [3.63, 3.8) is 0 Å². The van der Waals surface area contributed by atoms with Crippen LogP contribution in [-0.4, -0.2) is 40.3 Å². The van der Waals surface area contributed by atoms with E-state index in [9.17, 15) is 0 Å². The first-order valence-electron chi connectivity index (χ1n) is 7.17. The highest BCUT2D eigenvalue weighted by molar-refractivity contribution is 7.99. The molecule has 1 aliphatic rings. The average Bonchev–Trinajstić information content (AvgIpc) is 2.38. The Morgan fingerprint density at radius 2 is 1.68 bits per heavy atom. The Labute approximate surface area is 125 Å². The lowest BCUT2D eigenvalue weighted by Gasteiger charge is -2.24. The lowest BCUT2D eigenvalue weighted by Crippen LogP contribution is -2.28. The zero-order valence-corrected chi connectivity index (χ0v) is 12.9. The highest BCUT2D eigenvalue weighted by Crippen LogP contribution is 2.16. The lowest BCUT2D eigenvalue weighted by atomic mass is 10.1. The molecule has 0 N–H and O–H groups in total. The second kappa shape index (κ2) is 8.77. The van der Waals surface area contributed by atoms with Crippen molar-refractivity contribution in [3.05, 3.63) is 17.4 Å². The van der Waals surface area contributed by atoms with Crippen LogP contribution in [0.3, 0.4) is 0 Å². The van der Waals surface area contributed by atoms with Crippen LogP contribution < -0.4 is 0 Å². The zero-order valence-electron chi connectivity index (χ0n) is 11.4. The van der Waals surface area contributed by atoms with E-state index in [1.54, 1.807) is 24.2 Å². The molecular weight excluding hydrogens is 278 g/mol. The monoisotopic (exact) mass is 299 g/mol. The molecule has 0 bridgehead atoms. The largest absolute Gasteiger partial charge is 0.303 e. The molecule has 0 saturated carbocycles. The minimum atomic E-state index is 0.602. The van der Waals surface area contributed by atoms with E-state index in [1.807, 2.05) is 0 Å². The Balaban J connectivity index is 1.61. The molecule has 0 aliphatic carbocycles. The lowest BCUT2D eigenvalue weighted by molar-refractivity contribution is 0.249. The highest BCUT2D eigenvalue weighted by atomic mass is 35.5. The Hall–Kier alpha value is -0.320. The fourth-order valence-electron chi connectivity index (χ4n) is 2.36. The molecule has 1 aromatic rings. The van der Waals surface area contributed by atoms with Crippen molar-refractivity contribution in [1.29, 1.82) is 0 Å². The van der Waals surface area contributed by atoms with E-state index in [0.717, 1.165) is 10.9 Å². The van der Waals surface area contributed by atoms with Gasteiger partial charge in [0.15, 0.2) is 5.16 Å². The van der Waals surface area contributed by atoms with Gasteiger partial charge < -0.3 is 4.90 Å². The molecule has 0 spiro atoms. The molecule has 3 nitrogen and oxygen atoms in total.